The summed E-state index contributed by atoms with van der Waals surface area (Å²) in [6, 6.07) is 4.59. The second-order valence-electron chi connectivity index (χ2n) is 4.80. The number of primary amides is 1. The van der Waals surface area contributed by atoms with Gasteiger partial charge in [0.2, 0.25) is 11.8 Å². The van der Waals surface area contributed by atoms with Crippen LogP contribution in [0.1, 0.15) is 17.7 Å². The fraction of sp³-hybridized carbons (Fsp3) is 0.267. The molecule has 2 amide bonds. The third-order valence-corrected chi connectivity index (χ3v) is 3.82. The Hall–Kier alpha value is -2.48. The van der Waals surface area contributed by atoms with Gasteiger partial charge in [-0.3, -0.25) is 9.59 Å². The fourth-order valence-corrected chi connectivity index (χ4v) is 2.66. The predicted octanol–water partition coefficient (Wildman–Crippen LogP) is 1.89. The lowest BCUT2D eigenvalue weighted by atomic mass is 10.1. The van der Waals surface area contributed by atoms with Crippen LogP contribution < -0.4 is 15.8 Å². The van der Waals surface area contributed by atoms with Crippen LogP contribution >= 0.6 is 11.3 Å². The first kappa shape index (κ1) is 16.9. The lowest BCUT2D eigenvalue weighted by Crippen LogP contribution is -2.14. The highest BCUT2D eigenvalue weighted by molar-refractivity contribution is 7.13. The number of ether oxygens (including phenoxy) is 1. The molecule has 1 aromatic carbocycles. The lowest BCUT2D eigenvalue weighted by molar-refractivity contribution is -0.117. The highest BCUT2D eigenvalue weighted by Gasteiger charge is 2.09. The Labute approximate surface area is 136 Å². The summed E-state index contributed by atoms with van der Waals surface area (Å²) in [7, 11) is 1.39. The number of amides is 2. The van der Waals surface area contributed by atoms with Gasteiger partial charge in [0.05, 0.1) is 19.2 Å². The van der Waals surface area contributed by atoms with E-state index in [2.05, 4.69) is 10.3 Å². The van der Waals surface area contributed by atoms with Crippen molar-refractivity contribution in [1.29, 1.82) is 0 Å². The number of nitrogens with zero attached hydrogens (tertiary/aromatic N) is 1. The van der Waals surface area contributed by atoms with Gasteiger partial charge in [0.1, 0.15) is 0 Å². The van der Waals surface area contributed by atoms with Crippen molar-refractivity contribution in [1.82, 2.24) is 4.98 Å². The zero-order valence-electron chi connectivity index (χ0n) is 12.5. The molecule has 0 aliphatic rings. The number of halogens is 1. The van der Waals surface area contributed by atoms with E-state index in [0.29, 0.717) is 22.8 Å². The van der Waals surface area contributed by atoms with Gasteiger partial charge in [0, 0.05) is 11.8 Å². The van der Waals surface area contributed by atoms with Gasteiger partial charge in [0.15, 0.2) is 16.7 Å². The minimum Gasteiger partial charge on any atom is -0.494 e. The summed E-state index contributed by atoms with van der Waals surface area (Å²) in [5.74, 6) is -1.000. The Morgan fingerprint density at radius 2 is 2.22 bits per heavy atom. The van der Waals surface area contributed by atoms with Gasteiger partial charge in [-0.05, 0) is 24.1 Å². The quantitative estimate of drug-likeness (QED) is 0.807. The zero-order chi connectivity index (χ0) is 16.8. The molecular formula is C15H16FN3O3S. The maximum atomic E-state index is 13.6. The molecule has 0 unspecified atom stereocenters. The molecule has 2 aromatic rings. The minimum atomic E-state index is -0.477. The number of anilines is 1. The van der Waals surface area contributed by atoms with Crippen molar-refractivity contribution in [3.63, 3.8) is 0 Å². The monoisotopic (exact) mass is 337 g/mol. The molecule has 6 nitrogen and oxygen atoms in total. The molecular weight excluding hydrogens is 321 g/mol. The molecule has 0 fully saturated rings. The van der Waals surface area contributed by atoms with Crippen LogP contribution in [0.3, 0.4) is 0 Å². The number of nitrogens with two attached hydrogens (primary N) is 1. The van der Waals surface area contributed by atoms with Crippen LogP contribution in [-0.2, 0) is 22.4 Å². The number of aromatic nitrogens is 1. The van der Waals surface area contributed by atoms with Crippen LogP contribution in [0.15, 0.2) is 23.6 Å². The number of aryl methyl sites for hydroxylation is 1. The second kappa shape index (κ2) is 7.68. The second-order valence-corrected chi connectivity index (χ2v) is 5.66. The maximum Gasteiger partial charge on any atom is 0.226 e. The van der Waals surface area contributed by atoms with Gasteiger partial charge in [-0.1, -0.05) is 6.07 Å². The fourth-order valence-electron chi connectivity index (χ4n) is 1.93. The van der Waals surface area contributed by atoms with E-state index in [4.69, 9.17) is 10.5 Å². The SMILES string of the molecule is COc1ccc(CCC(=O)Nc2nc(CC(N)=O)cs2)cc1F. The first-order valence-corrected chi connectivity index (χ1v) is 7.71. The largest absolute Gasteiger partial charge is 0.494 e. The normalized spacial score (nSPS) is 10.3. The minimum absolute atomic E-state index is 0.0392. The van der Waals surface area contributed by atoms with Crippen LogP contribution in [0.5, 0.6) is 5.75 Å². The summed E-state index contributed by atoms with van der Waals surface area (Å²) < 4.78 is 18.4. The first-order chi connectivity index (χ1) is 11.0. The number of thiazole rings is 1. The van der Waals surface area contributed by atoms with E-state index in [9.17, 15) is 14.0 Å². The van der Waals surface area contributed by atoms with E-state index in [0.717, 1.165) is 0 Å². The maximum absolute atomic E-state index is 13.6. The molecule has 0 bridgehead atoms. The molecule has 2 rings (SSSR count). The number of hydrogen-bond donors (Lipinski definition) is 2. The Morgan fingerprint density at radius 1 is 1.43 bits per heavy atom. The third kappa shape index (κ3) is 5.03. The molecule has 0 atom stereocenters. The summed E-state index contributed by atoms with van der Waals surface area (Å²) in [6.07, 6.45) is 0.625. The van der Waals surface area contributed by atoms with Crippen molar-refractivity contribution in [2.75, 3.05) is 12.4 Å². The molecule has 0 aliphatic carbocycles. The third-order valence-electron chi connectivity index (χ3n) is 3.01. The van der Waals surface area contributed by atoms with Crippen molar-refractivity contribution < 1.29 is 18.7 Å². The molecule has 122 valence electrons. The van der Waals surface area contributed by atoms with Gasteiger partial charge in [-0.25, -0.2) is 9.37 Å². The van der Waals surface area contributed by atoms with Gasteiger partial charge in [0.25, 0.3) is 0 Å². The van der Waals surface area contributed by atoms with Gasteiger partial charge in [-0.2, -0.15) is 0 Å². The number of carbonyl (C=O) groups is 2. The number of hydrogen-bond acceptors (Lipinski definition) is 5. The van der Waals surface area contributed by atoms with E-state index in [1.54, 1.807) is 11.4 Å². The van der Waals surface area contributed by atoms with E-state index in [1.807, 2.05) is 0 Å². The average Bonchev–Trinajstić information content (AvgIpc) is 2.91. The van der Waals surface area contributed by atoms with E-state index >= 15 is 0 Å². The van der Waals surface area contributed by atoms with Crippen LogP contribution in [0.25, 0.3) is 0 Å². The Kier molecular flexibility index (Phi) is 5.64. The summed E-state index contributed by atoms with van der Waals surface area (Å²) in [5.41, 5.74) is 6.30. The molecule has 0 saturated heterocycles. The molecule has 0 saturated carbocycles. The Morgan fingerprint density at radius 3 is 2.87 bits per heavy atom. The predicted molar refractivity (Wildman–Crippen MR) is 84.9 cm³/mol. The van der Waals surface area contributed by atoms with Crippen LogP contribution in [-0.4, -0.2) is 23.9 Å². The number of rotatable bonds is 7. The van der Waals surface area contributed by atoms with Crippen molar-refractivity contribution in [3.05, 3.63) is 40.7 Å². The van der Waals surface area contributed by atoms with E-state index in [1.165, 1.54) is 30.6 Å². The number of methoxy groups -OCH3 is 1. The summed E-state index contributed by atoms with van der Waals surface area (Å²) in [4.78, 5) is 26.8. The number of benzene rings is 1. The molecule has 3 N–H and O–H groups in total. The molecule has 0 aliphatic heterocycles. The molecule has 1 aromatic heterocycles. The highest BCUT2D eigenvalue weighted by Crippen LogP contribution is 2.19. The topological polar surface area (TPSA) is 94.3 Å². The van der Waals surface area contributed by atoms with Gasteiger partial charge >= 0.3 is 0 Å². The zero-order valence-corrected chi connectivity index (χ0v) is 13.3. The Balaban J connectivity index is 1.86. The average molecular weight is 337 g/mol. The summed E-state index contributed by atoms with van der Waals surface area (Å²) in [5, 5.41) is 4.72. The van der Waals surface area contributed by atoms with E-state index < -0.39 is 11.7 Å². The van der Waals surface area contributed by atoms with Crippen molar-refractivity contribution in [2.45, 2.75) is 19.3 Å². The Bertz CT molecular complexity index is 718. The van der Waals surface area contributed by atoms with Crippen molar-refractivity contribution >= 4 is 28.3 Å². The summed E-state index contributed by atoms with van der Waals surface area (Å²) >= 11 is 1.22. The first-order valence-electron chi connectivity index (χ1n) is 6.83. The highest BCUT2D eigenvalue weighted by atomic mass is 32.1. The van der Waals surface area contributed by atoms with Crippen LogP contribution in [0.2, 0.25) is 0 Å². The van der Waals surface area contributed by atoms with Crippen molar-refractivity contribution in [3.8, 4) is 5.75 Å². The van der Waals surface area contributed by atoms with Gasteiger partial charge < -0.3 is 15.8 Å². The number of nitrogens with one attached hydrogen (secondary N) is 1. The van der Waals surface area contributed by atoms with Crippen LogP contribution in [0, 0.1) is 5.82 Å². The number of carbonyl (C=O) groups excluding carboxylic acids is 2. The van der Waals surface area contributed by atoms with E-state index in [-0.39, 0.29) is 24.5 Å². The standard InChI is InChI=1S/C15H16FN3O3S/c1-22-12-4-2-9(6-11(12)16)3-5-14(21)19-15-18-10(8-23-15)7-13(17)20/h2,4,6,8H,3,5,7H2,1H3,(H2,17,20)(H,18,19,21). The molecule has 0 spiro atoms. The van der Waals surface area contributed by atoms with Gasteiger partial charge in [-0.15, -0.1) is 11.3 Å². The molecule has 23 heavy (non-hydrogen) atoms. The van der Waals surface area contributed by atoms with Crippen molar-refractivity contribution in [2.24, 2.45) is 5.73 Å². The molecule has 8 heteroatoms. The molecule has 0 radical (unpaired) electrons. The lowest BCUT2D eigenvalue weighted by Gasteiger charge is -2.05. The molecule has 1 heterocycles. The van der Waals surface area contributed by atoms with Crippen LogP contribution in [0.4, 0.5) is 9.52 Å². The smallest absolute Gasteiger partial charge is 0.226 e. The summed E-state index contributed by atoms with van der Waals surface area (Å²) in [6.45, 7) is 0.